The van der Waals surface area contributed by atoms with E-state index in [1.54, 1.807) is 18.2 Å². The predicted molar refractivity (Wildman–Crippen MR) is 99.9 cm³/mol. The topological polar surface area (TPSA) is 84.4 Å². The number of anilines is 1. The number of piperidine rings is 1. The van der Waals surface area contributed by atoms with Crippen molar-refractivity contribution in [3.8, 4) is 5.75 Å². The van der Waals surface area contributed by atoms with Crippen LogP contribution in [0.25, 0.3) is 0 Å². The first kappa shape index (κ1) is 18.6. The van der Waals surface area contributed by atoms with Crippen LogP contribution in [-0.2, 0) is 16.6 Å². The van der Waals surface area contributed by atoms with Crippen LogP contribution in [0.4, 0.5) is 5.82 Å². The van der Waals surface area contributed by atoms with E-state index >= 15 is 0 Å². The zero-order valence-corrected chi connectivity index (χ0v) is 15.9. The summed E-state index contributed by atoms with van der Waals surface area (Å²) in [6, 6.07) is 8.47. The van der Waals surface area contributed by atoms with E-state index in [1.165, 1.54) is 19.6 Å². The molecular formula is C18H24N4O3S. The van der Waals surface area contributed by atoms with Crippen LogP contribution in [0, 0.1) is 6.92 Å². The van der Waals surface area contributed by atoms with Crippen LogP contribution >= 0.6 is 0 Å². The number of hydrogen-bond acceptors (Lipinski definition) is 6. The van der Waals surface area contributed by atoms with Crippen molar-refractivity contribution in [3.63, 3.8) is 0 Å². The summed E-state index contributed by atoms with van der Waals surface area (Å²) in [6.45, 7) is 3.88. The van der Waals surface area contributed by atoms with Gasteiger partial charge in [0.1, 0.15) is 22.3 Å². The Hall–Kier alpha value is -2.19. The molecular weight excluding hydrogens is 352 g/mol. The first-order chi connectivity index (χ1) is 12.5. The molecule has 0 unspecified atom stereocenters. The van der Waals surface area contributed by atoms with Gasteiger partial charge in [-0.05, 0) is 38.3 Å². The summed E-state index contributed by atoms with van der Waals surface area (Å²) in [5, 5.41) is 0. The number of aromatic nitrogens is 2. The summed E-state index contributed by atoms with van der Waals surface area (Å²) in [5.41, 5.74) is 0.826. The lowest BCUT2D eigenvalue weighted by Gasteiger charge is -2.28. The second-order valence-corrected chi connectivity index (χ2v) is 8.04. The van der Waals surface area contributed by atoms with E-state index < -0.39 is 10.0 Å². The maximum atomic E-state index is 12.6. The van der Waals surface area contributed by atoms with E-state index in [4.69, 9.17) is 4.74 Å². The first-order valence-electron chi connectivity index (χ1n) is 8.72. The van der Waals surface area contributed by atoms with E-state index in [2.05, 4.69) is 19.6 Å². The minimum Gasteiger partial charge on any atom is -0.495 e. The second-order valence-electron chi connectivity index (χ2n) is 6.31. The zero-order valence-electron chi connectivity index (χ0n) is 15.1. The van der Waals surface area contributed by atoms with E-state index in [9.17, 15) is 8.42 Å². The third kappa shape index (κ3) is 4.31. The molecule has 0 aliphatic carbocycles. The number of methoxy groups -OCH3 is 1. The number of sulfonamides is 1. The van der Waals surface area contributed by atoms with Crippen LogP contribution in [0.1, 0.15) is 30.8 Å². The molecule has 1 fully saturated rings. The quantitative estimate of drug-likeness (QED) is 0.832. The van der Waals surface area contributed by atoms with Gasteiger partial charge in [0.05, 0.1) is 13.7 Å². The Balaban J connectivity index is 1.77. The van der Waals surface area contributed by atoms with Crippen molar-refractivity contribution in [3.05, 3.63) is 41.9 Å². The highest BCUT2D eigenvalue weighted by atomic mass is 32.2. The smallest absolute Gasteiger partial charge is 0.244 e. The molecule has 140 valence electrons. The molecule has 0 amide bonds. The van der Waals surface area contributed by atoms with Crippen molar-refractivity contribution < 1.29 is 13.2 Å². The Morgan fingerprint density at radius 2 is 1.88 bits per heavy atom. The summed E-state index contributed by atoms with van der Waals surface area (Å²) in [7, 11) is -2.27. The van der Waals surface area contributed by atoms with Crippen molar-refractivity contribution in [1.82, 2.24) is 14.7 Å². The molecule has 1 aliphatic rings. The molecule has 26 heavy (non-hydrogen) atoms. The average molecular weight is 376 g/mol. The number of aryl methyl sites for hydroxylation is 1. The van der Waals surface area contributed by atoms with Crippen molar-refractivity contribution in [2.45, 2.75) is 37.6 Å². The molecule has 1 aliphatic heterocycles. The van der Waals surface area contributed by atoms with Gasteiger partial charge in [0.2, 0.25) is 10.0 Å². The normalized spacial score (nSPS) is 15.1. The van der Waals surface area contributed by atoms with Crippen LogP contribution in [0.2, 0.25) is 0 Å². The Morgan fingerprint density at radius 1 is 1.15 bits per heavy atom. The van der Waals surface area contributed by atoms with E-state index in [0.29, 0.717) is 11.6 Å². The summed E-state index contributed by atoms with van der Waals surface area (Å²) in [5.74, 6) is 1.63. The van der Waals surface area contributed by atoms with E-state index in [0.717, 1.165) is 37.4 Å². The van der Waals surface area contributed by atoms with Crippen molar-refractivity contribution in [2.75, 3.05) is 25.1 Å². The average Bonchev–Trinajstić information content (AvgIpc) is 2.67. The van der Waals surface area contributed by atoms with Crippen molar-refractivity contribution >= 4 is 15.8 Å². The summed E-state index contributed by atoms with van der Waals surface area (Å²) < 4.78 is 32.9. The second kappa shape index (κ2) is 8.01. The molecule has 0 spiro atoms. The third-order valence-electron chi connectivity index (χ3n) is 4.35. The number of nitrogens with zero attached hydrogens (tertiary/aromatic N) is 3. The number of ether oxygens (including phenoxy) is 1. The molecule has 1 N–H and O–H groups in total. The lowest BCUT2D eigenvalue weighted by Crippen LogP contribution is -2.31. The van der Waals surface area contributed by atoms with Crippen LogP contribution < -0.4 is 14.4 Å². The molecule has 0 radical (unpaired) electrons. The number of hydrogen-bond donors (Lipinski definition) is 1. The lowest BCUT2D eigenvalue weighted by molar-refractivity contribution is 0.402. The Bertz CT molecular complexity index is 864. The van der Waals surface area contributed by atoms with Gasteiger partial charge in [-0.3, -0.25) is 0 Å². The minimum absolute atomic E-state index is 0.0307. The van der Waals surface area contributed by atoms with Gasteiger partial charge >= 0.3 is 0 Å². The van der Waals surface area contributed by atoms with Gasteiger partial charge in [0.25, 0.3) is 0 Å². The number of nitrogens with one attached hydrogen (secondary N) is 1. The number of rotatable bonds is 6. The molecule has 8 heteroatoms. The van der Waals surface area contributed by atoms with E-state index in [1.807, 2.05) is 13.0 Å². The molecule has 7 nitrogen and oxygen atoms in total. The van der Waals surface area contributed by atoms with Gasteiger partial charge < -0.3 is 9.64 Å². The molecule has 2 heterocycles. The van der Waals surface area contributed by atoms with Crippen LogP contribution in [0.15, 0.2) is 35.2 Å². The SMILES string of the molecule is COc1ccccc1S(=O)(=O)NCc1nc(C)cc(N2CCCCC2)n1. The van der Waals surface area contributed by atoms with Gasteiger partial charge in [-0.2, -0.15) is 0 Å². The third-order valence-corrected chi connectivity index (χ3v) is 5.79. The maximum absolute atomic E-state index is 12.6. The summed E-state index contributed by atoms with van der Waals surface area (Å²) >= 11 is 0. The molecule has 1 aromatic carbocycles. The van der Waals surface area contributed by atoms with Gasteiger partial charge in [0.15, 0.2) is 0 Å². The maximum Gasteiger partial charge on any atom is 0.244 e. The summed E-state index contributed by atoms with van der Waals surface area (Å²) in [6.07, 6.45) is 3.55. The van der Waals surface area contributed by atoms with Crippen LogP contribution in [0.3, 0.4) is 0 Å². The van der Waals surface area contributed by atoms with Crippen LogP contribution in [0.5, 0.6) is 5.75 Å². The molecule has 0 bridgehead atoms. The van der Waals surface area contributed by atoms with Crippen LogP contribution in [-0.4, -0.2) is 38.6 Å². The molecule has 2 aromatic rings. The fraction of sp³-hybridized carbons (Fsp3) is 0.444. The molecule has 0 atom stereocenters. The largest absolute Gasteiger partial charge is 0.495 e. The van der Waals surface area contributed by atoms with Gasteiger partial charge in [-0.25, -0.2) is 23.1 Å². The Morgan fingerprint density at radius 3 is 2.62 bits per heavy atom. The highest BCUT2D eigenvalue weighted by molar-refractivity contribution is 7.89. The highest BCUT2D eigenvalue weighted by Gasteiger charge is 2.20. The minimum atomic E-state index is -3.72. The first-order valence-corrected chi connectivity index (χ1v) is 10.2. The number of benzene rings is 1. The standard InChI is InChI=1S/C18H24N4O3S/c1-14-12-18(22-10-6-3-7-11-22)21-17(20-14)13-19-26(23,24)16-9-5-4-8-15(16)25-2/h4-5,8-9,12,19H,3,6-7,10-11,13H2,1-2H3. The zero-order chi connectivity index (χ0) is 18.6. The molecule has 3 rings (SSSR count). The van der Waals surface area contributed by atoms with Gasteiger partial charge in [-0.15, -0.1) is 0 Å². The van der Waals surface area contributed by atoms with Gasteiger partial charge in [0, 0.05) is 24.8 Å². The Kier molecular flexibility index (Phi) is 5.73. The van der Waals surface area contributed by atoms with E-state index in [-0.39, 0.29) is 11.4 Å². The van der Waals surface area contributed by atoms with Crippen molar-refractivity contribution in [2.24, 2.45) is 0 Å². The number of para-hydroxylation sites is 1. The monoisotopic (exact) mass is 376 g/mol. The highest BCUT2D eigenvalue weighted by Crippen LogP contribution is 2.23. The molecule has 1 saturated heterocycles. The molecule has 1 aromatic heterocycles. The van der Waals surface area contributed by atoms with Crippen molar-refractivity contribution in [1.29, 1.82) is 0 Å². The summed E-state index contributed by atoms with van der Waals surface area (Å²) in [4.78, 5) is 11.3. The lowest BCUT2D eigenvalue weighted by atomic mass is 10.1. The fourth-order valence-corrected chi connectivity index (χ4v) is 4.20. The van der Waals surface area contributed by atoms with Gasteiger partial charge in [-0.1, -0.05) is 12.1 Å². The fourth-order valence-electron chi connectivity index (χ4n) is 3.05. The predicted octanol–water partition coefficient (Wildman–Crippen LogP) is 2.26. The molecule has 0 saturated carbocycles. The Labute approximate surface area is 154 Å².